The molecule has 0 spiro atoms. The van der Waals surface area contributed by atoms with E-state index in [0.29, 0.717) is 30.9 Å². The van der Waals surface area contributed by atoms with Crippen LogP contribution in [0.1, 0.15) is 18.4 Å². The molecular formula is C18H22N4O3S. The van der Waals surface area contributed by atoms with Crippen LogP contribution in [0.15, 0.2) is 42.5 Å². The highest BCUT2D eigenvalue weighted by atomic mass is 32.2. The lowest BCUT2D eigenvalue weighted by Crippen LogP contribution is -2.33. The van der Waals surface area contributed by atoms with Crippen LogP contribution in [0.25, 0.3) is 0 Å². The summed E-state index contributed by atoms with van der Waals surface area (Å²) in [5.74, 6) is 1.22. The van der Waals surface area contributed by atoms with E-state index >= 15 is 0 Å². The van der Waals surface area contributed by atoms with Crippen molar-refractivity contribution in [1.82, 2.24) is 10.2 Å². The zero-order chi connectivity index (χ0) is 18.6. The number of amides is 1. The highest BCUT2D eigenvalue weighted by Crippen LogP contribution is 2.21. The molecule has 7 nitrogen and oxygen atoms in total. The summed E-state index contributed by atoms with van der Waals surface area (Å²) in [5.41, 5.74) is 1.11. The Bertz CT molecular complexity index is 854. The van der Waals surface area contributed by atoms with Gasteiger partial charge in [-0.25, -0.2) is 8.42 Å². The predicted molar refractivity (Wildman–Crippen MR) is 101 cm³/mol. The van der Waals surface area contributed by atoms with E-state index in [0.717, 1.165) is 5.56 Å². The Morgan fingerprint density at radius 2 is 1.96 bits per heavy atom. The maximum Gasteiger partial charge on any atom is 0.225 e. The number of hydrogen-bond acceptors (Lipinski definition) is 6. The van der Waals surface area contributed by atoms with Crippen LogP contribution >= 0.6 is 0 Å². The second-order valence-corrected chi connectivity index (χ2v) is 8.71. The number of carbonyl (C=O) groups is 1. The summed E-state index contributed by atoms with van der Waals surface area (Å²) in [7, 11) is -1.14. The van der Waals surface area contributed by atoms with Crippen LogP contribution in [0.5, 0.6) is 0 Å². The van der Waals surface area contributed by atoms with E-state index in [9.17, 15) is 13.2 Å². The zero-order valence-corrected chi connectivity index (χ0v) is 15.4. The molecule has 1 aliphatic rings. The fourth-order valence-corrected chi connectivity index (χ4v) is 4.73. The first-order valence-electron chi connectivity index (χ1n) is 8.54. The van der Waals surface area contributed by atoms with E-state index in [1.54, 1.807) is 12.1 Å². The lowest BCUT2D eigenvalue weighted by molar-refractivity contribution is -0.116. The Balaban J connectivity index is 1.53. The van der Waals surface area contributed by atoms with Gasteiger partial charge in [-0.15, -0.1) is 10.2 Å². The maximum absolute atomic E-state index is 12.0. The van der Waals surface area contributed by atoms with Gasteiger partial charge < -0.3 is 10.2 Å². The summed E-state index contributed by atoms with van der Waals surface area (Å²) in [6, 6.07) is 13.2. The lowest BCUT2D eigenvalue weighted by atomic mass is 10.1. The smallest absolute Gasteiger partial charge is 0.225 e. The Labute approximate surface area is 153 Å². The van der Waals surface area contributed by atoms with Crippen molar-refractivity contribution < 1.29 is 13.2 Å². The molecule has 1 aromatic carbocycles. The quantitative estimate of drug-likeness (QED) is 0.827. The molecule has 26 heavy (non-hydrogen) atoms. The molecule has 1 fully saturated rings. The predicted octanol–water partition coefficient (Wildman–Crippen LogP) is 1.67. The third-order valence-electron chi connectivity index (χ3n) is 4.52. The number of carbonyl (C=O) groups excluding carboxylic acids is 1. The van der Waals surface area contributed by atoms with Crippen LogP contribution in [-0.4, -0.2) is 49.1 Å². The first-order valence-corrected chi connectivity index (χ1v) is 10.4. The molecule has 0 radical (unpaired) electrons. The van der Waals surface area contributed by atoms with Crippen molar-refractivity contribution >= 4 is 27.4 Å². The minimum atomic E-state index is -2.95. The molecule has 8 heteroatoms. The highest BCUT2D eigenvalue weighted by molar-refractivity contribution is 7.91. The molecule has 1 atom stereocenters. The number of aryl methyl sites for hydroxylation is 1. The van der Waals surface area contributed by atoms with Gasteiger partial charge in [-0.3, -0.25) is 4.79 Å². The van der Waals surface area contributed by atoms with E-state index < -0.39 is 9.84 Å². The van der Waals surface area contributed by atoms with Crippen LogP contribution in [0, 0.1) is 0 Å². The lowest BCUT2D eigenvalue weighted by Gasteiger charge is -2.23. The second-order valence-electron chi connectivity index (χ2n) is 6.48. The van der Waals surface area contributed by atoms with E-state index in [-0.39, 0.29) is 23.5 Å². The number of anilines is 2. The zero-order valence-electron chi connectivity index (χ0n) is 14.6. The molecule has 1 unspecified atom stereocenters. The van der Waals surface area contributed by atoms with E-state index in [1.807, 2.05) is 42.3 Å². The third kappa shape index (κ3) is 4.78. The number of hydrogen-bond donors (Lipinski definition) is 1. The van der Waals surface area contributed by atoms with Crippen molar-refractivity contribution in [2.75, 3.05) is 28.8 Å². The molecule has 2 heterocycles. The Morgan fingerprint density at radius 3 is 2.58 bits per heavy atom. The number of aromatic nitrogens is 2. The Hall–Kier alpha value is -2.48. The fourth-order valence-electron chi connectivity index (χ4n) is 2.96. The van der Waals surface area contributed by atoms with Gasteiger partial charge >= 0.3 is 0 Å². The standard InChI is InChI=1S/C18H22N4O3S/c1-22(15-11-12-26(24,25)13-15)17-9-8-16(20-21-17)19-18(23)10-7-14-5-3-2-4-6-14/h2-6,8-9,15H,7,10-13H2,1H3,(H,19,20,23). The average Bonchev–Trinajstić information content (AvgIpc) is 3.01. The molecule has 138 valence electrons. The monoisotopic (exact) mass is 374 g/mol. The number of nitrogens with zero attached hydrogens (tertiary/aromatic N) is 3. The van der Waals surface area contributed by atoms with Crippen LogP contribution in [0.4, 0.5) is 11.6 Å². The molecule has 3 rings (SSSR count). The Morgan fingerprint density at radius 1 is 1.19 bits per heavy atom. The van der Waals surface area contributed by atoms with E-state index in [4.69, 9.17) is 0 Å². The van der Waals surface area contributed by atoms with Gasteiger partial charge in [-0.2, -0.15) is 0 Å². The van der Waals surface area contributed by atoms with Crippen molar-refractivity contribution in [3.05, 3.63) is 48.0 Å². The number of nitrogens with one attached hydrogen (secondary N) is 1. The fraction of sp³-hybridized carbons (Fsp3) is 0.389. The molecule has 0 saturated carbocycles. The van der Waals surface area contributed by atoms with Crippen molar-refractivity contribution in [3.63, 3.8) is 0 Å². The Kier molecular flexibility index (Phi) is 5.51. The van der Waals surface area contributed by atoms with Crippen LogP contribution in [-0.2, 0) is 21.1 Å². The SMILES string of the molecule is CN(c1ccc(NC(=O)CCc2ccccc2)nn1)C1CCS(=O)(=O)C1. The highest BCUT2D eigenvalue weighted by Gasteiger charge is 2.31. The minimum Gasteiger partial charge on any atom is -0.354 e. The van der Waals surface area contributed by atoms with E-state index in [2.05, 4.69) is 15.5 Å². The van der Waals surface area contributed by atoms with Gasteiger partial charge in [0.25, 0.3) is 0 Å². The van der Waals surface area contributed by atoms with Crippen molar-refractivity contribution in [1.29, 1.82) is 0 Å². The summed E-state index contributed by atoms with van der Waals surface area (Å²) >= 11 is 0. The van der Waals surface area contributed by atoms with Crippen LogP contribution in [0.3, 0.4) is 0 Å². The molecule has 1 saturated heterocycles. The molecular weight excluding hydrogens is 352 g/mol. The van der Waals surface area contributed by atoms with E-state index in [1.165, 1.54) is 0 Å². The van der Waals surface area contributed by atoms with Gasteiger partial charge in [0.2, 0.25) is 5.91 Å². The molecule has 0 bridgehead atoms. The number of rotatable bonds is 6. The minimum absolute atomic E-state index is 0.0828. The van der Waals surface area contributed by atoms with Gasteiger partial charge in [0.05, 0.1) is 11.5 Å². The molecule has 2 aromatic rings. The van der Waals surface area contributed by atoms with Crippen molar-refractivity contribution in [3.8, 4) is 0 Å². The molecule has 1 N–H and O–H groups in total. The van der Waals surface area contributed by atoms with Crippen LogP contribution < -0.4 is 10.2 Å². The van der Waals surface area contributed by atoms with Crippen molar-refractivity contribution in [2.24, 2.45) is 0 Å². The third-order valence-corrected chi connectivity index (χ3v) is 6.27. The van der Waals surface area contributed by atoms with Gasteiger partial charge in [0.15, 0.2) is 21.5 Å². The topological polar surface area (TPSA) is 92.3 Å². The van der Waals surface area contributed by atoms with Crippen LogP contribution in [0.2, 0.25) is 0 Å². The molecule has 0 aliphatic carbocycles. The second kappa shape index (κ2) is 7.82. The van der Waals surface area contributed by atoms with Crippen molar-refractivity contribution in [2.45, 2.75) is 25.3 Å². The normalized spacial score (nSPS) is 18.4. The van der Waals surface area contributed by atoms with Gasteiger partial charge in [-0.05, 0) is 30.5 Å². The van der Waals surface area contributed by atoms with Gasteiger partial charge in [0, 0.05) is 19.5 Å². The first kappa shape index (κ1) is 18.3. The molecule has 1 aromatic heterocycles. The summed E-state index contributed by atoms with van der Waals surface area (Å²) in [6.07, 6.45) is 1.63. The number of benzene rings is 1. The molecule has 1 aliphatic heterocycles. The largest absolute Gasteiger partial charge is 0.354 e. The summed E-state index contributed by atoms with van der Waals surface area (Å²) in [4.78, 5) is 13.9. The molecule has 1 amide bonds. The first-order chi connectivity index (χ1) is 12.4. The maximum atomic E-state index is 12.0. The van der Waals surface area contributed by atoms with Gasteiger partial charge in [0.1, 0.15) is 0 Å². The number of sulfone groups is 1. The summed E-state index contributed by atoms with van der Waals surface area (Å²) < 4.78 is 23.2. The summed E-state index contributed by atoms with van der Waals surface area (Å²) in [5, 5.41) is 10.9. The van der Waals surface area contributed by atoms with Gasteiger partial charge in [-0.1, -0.05) is 30.3 Å². The average molecular weight is 374 g/mol. The summed E-state index contributed by atoms with van der Waals surface area (Å²) in [6.45, 7) is 0.